The SMILES string of the molecule is CCCCCCCCCCCCCCCCCCC(=O)OC[C@H](COC(=O)CCCCCCCCCCCCCC(C)C)OC(=O)CCCCCCCCCCCCCCCCCC. The van der Waals surface area contributed by atoms with Gasteiger partial charge in [0.05, 0.1) is 0 Å². The van der Waals surface area contributed by atoms with Crippen LogP contribution in [0.25, 0.3) is 0 Å². The van der Waals surface area contributed by atoms with Gasteiger partial charge in [0.1, 0.15) is 13.2 Å². The van der Waals surface area contributed by atoms with E-state index in [0.717, 1.165) is 63.7 Å². The Hall–Kier alpha value is -1.59. The van der Waals surface area contributed by atoms with Crippen molar-refractivity contribution < 1.29 is 28.6 Å². The summed E-state index contributed by atoms with van der Waals surface area (Å²) < 4.78 is 16.9. The molecule has 0 aromatic rings. The molecule has 0 rings (SSSR count). The second-order valence-electron chi connectivity index (χ2n) is 20.4. The molecule has 0 heterocycles. The molecule has 0 unspecified atom stereocenters. The van der Waals surface area contributed by atoms with Crippen LogP contribution >= 0.6 is 0 Å². The number of carbonyl (C=O) groups is 3. The minimum atomic E-state index is -0.762. The largest absolute Gasteiger partial charge is 0.462 e. The van der Waals surface area contributed by atoms with E-state index in [1.54, 1.807) is 0 Å². The zero-order valence-electron chi connectivity index (χ0n) is 43.8. The van der Waals surface area contributed by atoms with Gasteiger partial charge in [0, 0.05) is 19.3 Å². The van der Waals surface area contributed by atoms with Crippen molar-refractivity contribution in [3.8, 4) is 0 Å². The van der Waals surface area contributed by atoms with Gasteiger partial charge >= 0.3 is 17.9 Å². The van der Waals surface area contributed by atoms with E-state index < -0.39 is 6.10 Å². The topological polar surface area (TPSA) is 78.9 Å². The van der Waals surface area contributed by atoms with Gasteiger partial charge in [0.15, 0.2) is 6.10 Å². The third-order valence-electron chi connectivity index (χ3n) is 13.3. The first-order valence-electron chi connectivity index (χ1n) is 28.9. The van der Waals surface area contributed by atoms with E-state index in [2.05, 4.69) is 27.7 Å². The Morgan fingerprint density at radius 2 is 0.516 bits per heavy atom. The van der Waals surface area contributed by atoms with Crippen molar-refractivity contribution in [1.82, 2.24) is 0 Å². The van der Waals surface area contributed by atoms with Gasteiger partial charge in [-0.15, -0.1) is 0 Å². The molecule has 0 aromatic carbocycles. The normalized spacial score (nSPS) is 12.0. The van der Waals surface area contributed by atoms with Gasteiger partial charge in [-0.05, 0) is 25.2 Å². The smallest absolute Gasteiger partial charge is 0.306 e. The number of unbranched alkanes of at least 4 members (excludes halogenated alkanes) is 40. The van der Waals surface area contributed by atoms with Crippen LogP contribution in [0.15, 0.2) is 0 Å². The van der Waals surface area contributed by atoms with E-state index in [4.69, 9.17) is 14.2 Å². The monoisotopic (exact) mass is 905 g/mol. The average Bonchev–Trinajstić information content (AvgIpc) is 3.28. The highest BCUT2D eigenvalue weighted by Crippen LogP contribution is 2.18. The molecule has 0 aromatic heterocycles. The number of hydrogen-bond acceptors (Lipinski definition) is 6. The van der Waals surface area contributed by atoms with Gasteiger partial charge < -0.3 is 14.2 Å². The fourth-order valence-corrected chi connectivity index (χ4v) is 8.92. The molecule has 0 aliphatic carbocycles. The number of rotatable bonds is 53. The quantitative estimate of drug-likeness (QED) is 0.0344. The highest BCUT2D eigenvalue weighted by atomic mass is 16.6. The summed E-state index contributed by atoms with van der Waals surface area (Å²) in [6.07, 6.45) is 56.6. The van der Waals surface area contributed by atoms with Crippen molar-refractivity contribution in [2.24, 2.45) is 5.92 Å². The number of esters is 3. The van der Waals surface area contributed by atoms with E-state index in [0.29, 0.717) is 19.3 Å². The Morgan fingerprint density at radius 1 is 0.297 bits per heavy atom. The van der Waals surface area contributed by atoms with Gasteiger partial charge in [0.25, 0.3) is 0 Å². The summed E-state index contributed by atoms with van der Waals surface area (Å²) in [4.78, 5) is 38.1. The predicted molar refractivity (Wildman–Crippen MR) is 275 cm³/mol. The van der Waals surface area contributed by atoms with Gasteiger partial charge in [-0.1, -0.05) is 291 Å². The summed E-state index contributed by atoms with van der Waals surface area (Å²) in [5, 5.41) is 0. The minimum absolute atomic E-state index is 0.0619. The molecule has 1 atom stereocenters. The summed E-state index contributed by atoms with van der Waals surface area (Å²) in [6, 6.07) is 0. The Kier molecular flexibility index (Phi) is 51.1. The molecule has 0 N–H and O–H groups in total. The lowest BCUT2D eigenvalue weighted by Gasteiger charge is -2.18. The zero-order chi connectivity index (χ0) is 46.7. The molecule has 380 valence electrons. The molecule has 0 fully saturated rings. The van der Waals surface area contributed by atoms with Crippen LogP contribution in [-0.2, 0) is 28.6 Å². The van der Waals surface area contributed by atoms with Crippen molar-refractivity contribution in [1.29, 1.82) is 0 Å². The van der Waals surface area contributed by atoms with Gasteiger partial charge in [-0.25, -0.2) is 0 Å². The van der Waals surface area contributed by atoms with Crippen LogP contribution in [-0.4, -0.2) is 37.2 Å². The van der Waals surface area contributed by atoms with Crippen LogP contribution in [0.1, 0.15) is 329 Å². The predicted octanol–water partition coefficient (Wildman–Crippen LogP) is 19.0. The molecule has 0 aliphatic heterocycles. The Balaban J connectivity index is 4.30. The van der Waals surface area contributed by atoms with Crippen molar-refractivity contribution >= 4 is 17.9 Å². The number of hydrogen-bond donors (Lipinski definition) is 0. The van der Waals surface area contributed by atoms with Gasteiger partial charge in [0.2, 0.25) is 0 Å². The highest BCUT2D eigenvalue weighted by Gasteiger charge is 2.19. The Labute approximate surface area is 399 Å². The summed E-state index contributed by atoms with van der Waals surface area (Å²) in [6.45, 7) is 9.05. The maximum absolute atomic E-state index is 12.8. The van der Waals surface area contributed by atoms with Crippen LogP contribution < -0.4 is 0 Å². The van der Waals surface area contributed by atoms with Crippen molar-refractivity contribution in [3.63, 3.8) is 0 Å². The summed E-state index contributed by atoms with van der Waals surface area (Å²) >= 11 is 0. The molecule has 0 aliphatic rings. The maximum Gasteiger partial charge on any atom is 0.306 e. The lowest BCUT2D eigenvalue weighted by molar-refractivity contribution is -0.167. The fourth-order valence-electron chi connectivity index (χ4n) is 8.92. The standard InChI is InChI=1S/C58H112O6/c1-5-7-9-11-13-15-17-19-21-23-25-29-33-37-41-45-49-56(59)62-52-55(53-63-57(60)50-46-42-38-34-31-27-28-32-36-40-44-48-54(3)4)64-58(61)51-47-43-39-35-30-26-24-22-20-18-16-14-12-10-8-6-2/h54-55H,5-53H2,1-4H3/t55-/m1/s1. The minimum Gasteiger partial charge on any atom is -0.462 e. The molecule has 64 heavy (non-hydrogen) atoms. The van der Waals surface area contributed by atoms with E-state index in [9.17, 15) is 14.4 Å². The summed E-state index contributed by atoms with van der Waals surface area (Å²) in [7, 11) is 0. The second-order valence-corrected chi connectivity index (χ2v) is 20.4. The second kappa shape index (κ2) is 52.4. The van der Waals surface area contributed by atoms with Gasteiger partial charge in [-0.3, -0.25) is 14.4 Å². The van der Waals surface area contributed by atoms with Crippen LogP contribution in [0, 0.1) is 5.92 Å². The van der Waals surface area contributed by atoms with E-state index in [1.807, 2.05) is 0 Å². The first kappa shape index (κ1) is 62.4. The average molecular weight is 906 g/mol. The third-order valence-corrected chi connectivity index (χ3v) is 13.3. The molecule has 0 saturated carbocycles. The van der Waals surface area contributed by atoms with Crippen LogP contribution in [0.2, 0.25) is 0 Å². The molecule has 0 radical (unpaired) electrons. The molecule has 6 heteroatoms. The first-order valence-corrected chi connectivity index (χ1v) is 28.9. The van der Waals surface area contributed by atoms with Crippen LogP contribution in [0.4, 0.5) is 0 Å². The highest BCUT2D eigenvalue weighted by molar-refractivity contribution is 5.71. The fraction of sp³-hybridized carbons (Fsp3) is 0.948. The molecule has 0 bridgehead atoms. The lowest BCUT2D eigenvalue weighted by Crippen LogP contribution is -2.30. The molecular formula is C58H112O6. The number of carbonyl (C=O) groups excluding carboxylic acids is 3. The summed E-state index contributed by atoms with van der Waals surface area (Å²) in [5.74, 6) is -0.00859. The van der Waals surface area contributed by atoms with Crippen LogP contribution in [0.3, 0.4) is 0 Å². The lowest BCUT2D eigenvalue weighted by atomic mass is 10.0. The van der Waals surface area contributed by atoms with E-state index in [1.165, 1.54) is 225 Å². The first-order chi connectivity index (χ1) is 31.4. The Morgan fingerprint density at radius 3 is 0.766 bits per heavy atom. The molecule has 0 amide bonds. The van der Waals surface area contributed by atoms with E-state index >= 15 is 0 Å². The molecule has 6 nitrogen and oxygen atoms in total. The van der Waals surface area contributed by atoms with Crippen molar-refractivity contribution in [2.75, 3.05) is 13.2 Å². The van der Waals surface area contributed by atoms with Gasteiger partial charge in [-0.2, -0.15) is 0 Å². The molecule has 0 saturated heterocycles. The zero-order valence-corrected chi connectivity index (χ0v) is 43.8. The molecular weight excluding hydrogens is 793 g/mol. The maximum atomic E-state index is 12.8. The Bertz CT molecular complexity index is 964. The molecule has 0 spiro atoms. The van der Waals surface area contributed by atoms with E-state index in [-0.39, 0.29) is 31.1 Å². The van der Waals surface area contributed by atoms with Crippen molar-refractivity contribution in [3.05, 3.63) is 0 Å². The third kappa shape index (κ3) is 51.4. The number of ether oxygens (including phenoxy) is 3. The summed E-state index contributed by atoms with van der Waals surface area (Å²) in [5.41, 5.74) is 0. The van der Waals surface area contributed by atoms with Crippen LogP contribution in [0.5, 0.6) is 0 Å². The van der Waals surface area contributed by atoms with Crippen molar-refractivity contribution in [2.45, 2.75) is 336 Å².